The van der Waals surface area contributed by atoms with Crippen molar-refractivity contribution in [1.82, 2.24) is 20.2 Å². The molecule has 0 spiro atoms. The van der Waals surface area contributed by atoms with Crippen LogP contribution in [0.5, 0.6) is 0 Å². The molecule has 21 heavy (non-hydrogen) atoms. The molecular weight excluding hydrogens is 288 g/mol. The van der Waals surface area contributed by atoms with E-state index in [1.165, 1.54) is 32.1 Å². The second kappa shape index (κ2) is 7.38. The van der Waals surface area contributed by atoms with Crippen molar-refractivity contribution in [1.29, 1.82) is 0 Å². The summed E-state index contributed by atoms with van der Waals surface area (Å²) in [4.78, 5) is 0. The molecule has 0 aliphatic heterocycles. The second-order valence-electron chi connectivity index (χ2n) is 5.85. The molecule has 1 aliphatic carbocycles. The Balaban J connectivity index is 1.95. The normalized spacial score (nSPS) is 17.2. The third kappa shape index (κ3) is 4.28. The second-order valence-corrected chi connectivity index (χ2v) is 7.54. The molecule has 7 heteroatoms. The quantitative estimate of drug-likeness (QED) is 0.715. The Kier molecular flexibility index (Phi) is 5.78. The van der Waals surface area contributed by atoms with Crippen LogP contribution < -0.4 is 10.0 Å². The van der Waals surface area contributed by atoms with E-state index >= 15 is 0 Å². The maximum absolute atomic E-state index is 12.4. The van der Waals surface area contributed by atoms with E-state index in [4.69, 9.17) is 0 Å². The van der Waals surface area contributed by atoms with E-state index in [1.54, 1.807) is 7.05 Å². The first-order valence-corrected chi connectivity index (χ1v) is 9.21. The number of sulfonamides is 1. The summed E-state index contributed by atoms with van der Waals surface area (Å²) in [6, 6.07) is 0. The number of aromatic nitrogens is 2. The summed E-state index contributed by atoms with van der Waals surface area (Å²) < 4.78 is 27.4. The Hall–Kier alpha value is -0.920. The Morgan fingerprint density at radius 3 is 2.67 bits per heavy atom. The third-order valence-electron chi connectivity index (χ3n) is 4.21. The maximum atomic E-state index is 12.4. The van der Waals surface area contributed by atoms with Crippen molar-refractivity contribution in [2.75, 3.05) is 13.6 Å². The van der Waals surface area contributed by atoms with Crippen molar-refractivity contribution >= 4 is 10.0 Å². The van der Waals surface area contributed by atoms with Crippen molar-refractivity contribution in [3.05, 3.63) is 11.3 Å². The summed E-state index contributed by atoms with van der Waals surface area (Å²) in [5.74, 6) is 0.666. The zero-order chi connectivity index (χ0) is 15.3. The predicted octanol–water partition coefficient (Wildman–Crippen LogP) is 1.69. The molecule has 120 valence electrons. The number of hydrogen-bond donors (Lipinski definition) is 3. The van der Waals surface area contributed by atoms with Gasteiger partial charge in [-0.1, -0.05) is 32.1 Å². The van der Waals surface area contributed by atoms with E-state index in [2.05, 4.69) is 20.2 Å². The van der Waals surface area contributed by atoms with Gasteiger partial charge in [-0.25, -0.2) is 13.1 Å². The van der Waals surface area contributed by atoms with Gasteiger partial charge in [0.2, 0.25) is 0 Å². The highest BCUT2D eigenvalue weighted by molar-refractivity contribution is 7.89. The fourth-order valence-electron chi connectivity index (χ4n) is 2.98. The highest BCUT2D eigenvalue weighted by Gasteiger charge is 2.23. The number of hydrogen-bond acceptors (Lipinski definition) is 4. The smallest absolute Gasteiger partial charge is 0.260 e. The molecule has 0 atom stereocenters. The van der Waals surface area contributed by atoms with Gasteiger partial charge in [0.15, 0.2) is 5.03 Å². The van der Waals surface area contributed by atoms with Crippen LogP contribution in [-0.4, -0.2) is 32.2 Å². The van der Waals surface area contributed by atoms with Crippen LogP contribution in [0.15, 0.2) is 5.03 Å². The van der Waals surface area contributed by atoms with Crippen LogP contribution in [-0.2, 0) is 16.6 Å². The molecule has 0 unspecified atom stereocenters. The molecule has 0 saturated heterocycles. The summed E-state index contributed by atoms with van der Waals surface area (Å²) >= 11 is 0. The minimum Gasteiger partial charge on any atom is -0.316 e. The van der Waals surface area contributed by atoms with E-state index in [0.29, 0.717) is 24.6 Å². The molecule has 0 amide bonds. The number of aromatic amines is 1. The zero-order valence-corrected chi connectivity index (χ0v) is 13.7. The van der Waals surface area contributed by atoms with E-state index < -0.39 is 10.0 Å². The third-order valence-corrected chi connectivity index (χ3v) is 5.64. The van der Waals surface area contributed by atoms with E-state index in [9.17, 15) is 8.42 Å². The SMILES string of the molecule is CNCc1c(S(=O)(=O)NCCC2CCCCC2)n[nH]c1C. The van der Waals surface area contributed by atoms with Crippen LogP contribution in [0.25, 0.3) is 0 Å². The van der Waals surface area contributed by atoms with Crippen LogP contribution in [0.1, 0.15) is 49.8 Å². The molecule has 2 rings (SSSR count). The average Bonchev–Trinajstić information content (AvgIpc) is 2.83. The summed E-state index contributed by atoms with van der Waals surface area (Å²) in [6.45, 7) is 2.82. The summed E-state index contributed by atoms with van der Waals surface area (Å²) in [5.41, 5.74) is 1.50. The van der Waals surface area contributed by atoms with Crippen LogP contribution in [0.2, 0.25) is 0 Å². The first-order valence-electron chi connectivity index (χ1n) is 7.72. The fourth-order valence-corrected chi connectivity index (χ4v) is 4.22. The average molecular weight is 314 g/mol. The van der Waals surface area contributed by atoms with Crippen LogP contribution in [0, 0.1) is 12.8 Å². The number of rotatable bonds is 7. The lowest BCUT2D eigenvalue weighted by Crippen LogP contribution is -2.28. The van der Waals surface area contributed by atoms with Crippen LogP contribution >= 0.6 is 0 Å². The van der Waals surface area contributed by atoms with Gasteiger partial charge in [0.25, 0.3) is 10.0 Å². The van der Waals surface area contributed by atoms with Gasteiger partial charge in [0, 0.05) is 24.3 Å². The van der Waals surface area contributed by atoms with Gasteiger partial charge in [0.05, 0.1) is 0 Å². The molecule has 1 aliphatic rings. The molecule has 6 nitrogen and oxygen atoms in total. The van der Waals surface area contributed by atoms with Gasteiger partial charge in [-0.3, -0.25) is 5.10 Å². The minimum absolute atomic E-state index is 0.123. The first kappa shape index (κ1) is 16.5. The standard InChI is InChI=1S/C14H26N4O2S/c1-11-13(10-15-2)14(18-17-11)21(19,20)16-9-8-12-6-4-3-5-7-12/h12,15-16H,3-10H2,1-2H3,(H,17,18). The topological polar surface area (TPSA) is 86.9 Å². The fraction of sp³-hybridized carbons (Fsp3) is 0.786. The zero-order valence-electron chi connectivity index (χ0n) is 12.9. The van der Waals surface area contributed by atoms with Gasteiger partial charge in [-0.15, -0.1) is 0 Å². The summed E-state index contributed by atoms with van der Waals surface area (Å²) in [6.07, 6.45) is 7.26. The Morgan fingerprint density at radius 1 is 1.29 bits per heavy atom. The Labute approximate surface area is 127 Å². The molecule has 1 saturated carbocycles. The number of nitrogens with one attached hydrogen (secondary N) is 3. The highest BCUT2D eigenvalue weighted by Crippen LogP contribution is 2.26. The molecule has 1 aromatic rings. The lowest BCUT2D eigenvalue weighted by molar-refractivity contribution is 0.339. The number of H-pyrrole nitrogens is 1. The predicted molar refractivity (Wildman–Crippen MR) is 82.5 cm³/mol. The van der Waals surface area contributed by atoms with Crippen molar-refractivity contribution in [3.63, 3.8) is 0 Å². The molecule has 0 aromatic carbocycles. The minimum atomic E-state index is -3.53. The lowest BCUT2D eigenvalue weighted by atomic mass is 9.87. The molecule has 1 fully saturated rings. The maximum Gasteiger partial charge on any atom is 0.260 e. The summed E-state index contributed by atoms with van der Waals surface area (Å²) in [5, 5.41) is 9.82. The van der Waals surface area contributed by atoms with E-state index in [0.717, 1.165) is 12.1 Å². The summed E-state index contributed by atoms with van der Waals surface area (Å²) in [7, 11) is -1.73. The van der Waals surface area contributed by atoms with Crippen LogP contribution in [0.4, 0.5) is 0 Å². The van der Waals surface area contributed by atoms with Crippen LogP contribution in [0.3, 0.4) is 0 Å². The van der Waals surface area contributed by atoms with Crippen molar-refractivity contribution in [3.8, 4) is 0 Å². The number of aryl methyl sites for hydroxylation is 1. The molecule has 1 aromatic heterocycles. The molecular formula is C14H26N4O2S. The molecule has 3 N–H and O–H groups in total. The first-order chi connectivity index (χ1) is 10.0. The van der Waals surface area contributed by atoms with E-state index in [-0.39, 0.29) is 5.03 Å². The molecule has 0 radical (unpaired) electrons. The monoisotopic (exact) mass is 314 g/mol. The lowest BCUT2D eigenvalue weighted by Gasteiger charge is -2.21. The Morgan fingerprint density at radius 2 is 2.00 bits per heavy atom. The highest BCUT2D eigenvalue weighted by atomic mass is 32.2. The van der Waals surface area contributed by atoms with Crippen molar-refractivity contribution < 1.29 is 8.42 Å². The largest absolute Gasteiger partial charge is 0.316 e. The van der Waals surface area contributed by atoms with E-state index in [1.807, 2.05) is 6.92 Å². The van der Waals surface area contributed by atoms with Crippen molar-refractivity contribution in [2.24, 2.45) is 5.92 Å². The van der Waals surface area contributed by atoms with Gasteiger partial charge in [0.1, 0.15) is 0 Å². The number of nitrogens with zero attached hydrogens (tertiary/aromatic N) is 1. The van der Waals surface area contributed by atoms with Gasteiger partial charge >= 0.3 is 0 Å². The molecule has 1 heterocycles. The van der Waals surface area contributed by atoms with Gasteiger partial charge in [-0.05, 0) is 26.3 Å². The van der Waals surface area contributed by atoms with Gasteiger partial charge in [-0.2, -0.15) is 5.10 Å². The molecule has 0 bridgehead atoms. The Bertz CT molecular complexity index is 547. The van der Waals surface area contributed by atoms with Gasteiger partial charge < -0.3 is 5.32 Å². The van der Waals surface area contributed by atoms with Crippen molar-refractivity contribution in [2.45, 2.75) is 57.0 Å².